The first-order valence-corrected chi connectivity index (χ1v) is 5.29. The molecule has 1 rings (SSSR count). The van der Waals surface area contributed by atoms with Gasteiger partial charge in [0.05, 0.1) is 16.9 Å². The molecule has 0 aliphatic heterocycles. The molecule has 6 heteroatoms. The molecule has 1 heterocycles. The Hall–Kier alpha value is -0.810. The van der Waals surface area contributed by atoms with Crippen LogP contribution in [-0.4, -0.2) is 19.7 Å². The van der Waals surface area contributed by atoms with Crippen molar-refractivity contribution in [1.82, 2.24) is 4.98 Å². The average Bonchev–Trinajstić information content (AvgIpc) is 1.83. The molecule has 0 aromatic carbocycles. The molecule has 0 radical (unpaired) electrons. The molecule has 0 saturated heterocycles. The van der Waals surface area contributed by atoms with Crippen LogP contribution in [0, 0.1) is 0 Å². The second-order valence-corrected chi connectivity index (χ2v) is 4.67. The number of nitrogens with two attached hydrogens (primary N) is 1. The summed E-state index contributed by atoms with van der Waals surface area (Å²) in [6.45, 7) is 0. The minimum absolute atomic E-state index is 0.0532. The SMILES string of the molecule is CS(=O)(=O)c1ncc(N)cc1Cl. The van der Waals surface area contributed by atoms with Gasteiger partial charge < -0.3 is 5.73 Å². The molecule has 0 atom stereocenters. The zero-order chi connectivity index (χ0) is 9.35. The highest BCUT2D eigenvalue weighted by molar-refractivity contribution is 7.90. The van der Waals surface area contributed by atoms with E-state index in [1.165, 1.54) is 12.3 Å². The van der Waals surface area contributed by atoms with E-state index in [-0.39, 0.29) is 10.0 Å². The second-order valence-electron chi connectivity index (χ2n) is 2.33. The molecule has 2 N–H and O–H groups in total. The van der Waals surface area contributed by atoms with E-state index in [9.17, 15) is 8.42 Å². The van der Waals surface area contributed by atoms with E-state index in [0.717, 1.165) is 6.26 Å². The Balaban J connectivity index is 3.39. The summed E-state index contributed by atoms with van der Waals surface area (Å²) < 4.78 is 22.0. The van der Waals surface area contributed by atoms with Crippen LogP contribution >= 0.6 is 11.6 Å². The maximum Gasteiger partial charge on any atom is 0.194 e. The number of nitrogen functional groups attached to an aromatic ring is 1. The number of halogens is 1. The van der Waals surface area contributed by atoms with Crippen LogP contribution in [0.5, 0.6) is 0 Å². The van der Waals surface area contributed by atoms with Gasteiger partial charge >= 0.3 is 0 Å². The molecule has 1 aromatic heterocycles. The quantitative estimate of drug-likeness (QED) is 0.735. The van der Waals surface area contributed by atoms with Crippen LogP contribution in [-0.2, 0) is 9.84 Å². The summed E-state index contributed by atoms with van der Waals surface area (Å²) in [7, 11) is -3.35. The lowest BCUT2D eigenvalue weighted by atomic mass is 10.4. The predicted octanol–water partition coefficient (Wildman–Crippen LogP) is 0.721. The van der Waals surface area contributed by atoms with Gasteiger partial charge in [0, 0.05) is 6.26 Å². The highest BCUT2D eigenvalue weighted by Crippen LogP contribution is 2.20. The molecule has 0 aliphatic rings. The van der Waals surface area contributed by atoms with E-state index >= 15 is 0 Å². The van der Waals surface area contributed by atoms with Crippen LogP contribution in [0.25, 0.3) is 0 Å². The first kappa shape index (κ1) is 9.28. The number of nitrogens with zero attached hydrogens (tertiary/aromatic N) is 1. The van der Waals surface area contributed by atoms with Crippen LogP contribution in [0.3, 0.4) is 0 Å². The van der Waals surface area contributed by atoms with E-state index in [4.69, 9.17) is 17.3 Å². The lowest BCUT2D eigenvalue weighted by molar-refractivity contribution is 0.598. The summed E-state index contributed by atoms with van der Waals surface area (Å²) in [5.41, 5.74) is 5.67. The van der Waals surface area contributed by atoms with Crippen molar-refractivity contribution in [1.29, 1.82) is 0 Å². The van der Waals surface area contributed by atoms with E-state index in [1.54, 1.807) is 0 Å². The molecule has 12 heavy (non-hydrogen) atoms. The molecule has 4 nitrogen and oxygen atoms in total. The van der Waals surface area contributed by atoms with Gasteiger partial charge in [-0.2, -0.15) is 0 Å². The summed E-state index contributed by atoms with van der Waals surface area (Å²) in [6, 6.07) is 1.35. The maximum absolute atomic E-state index is 11.0. The van der Waals surface area contributed by atoms with Crippen LogP contribution in [0.1, 0.15) is 0 Å². The highest BCUT2D eigenvalue weighted by Gasteiger charge is 2.13. The van der Waals surface area contributed by atoms with Crippen molar-refractivity contribution in [3.05, 3.63) is 17.3 Å². The average molecular weight is 207 g/mol. The van der Waals surface area contributed by atoms with Gasteiger partial charge in [-0.15, -0.1) is 0 Å². The summed E-state index contributed by atoms with van der Waals surface area (Å²) in [5.74, 6) is 0. The summed E-state index contributed by atoms with van der Waals surface area (Å²) in [6.07, 6.45) is 2.29. The molecule has 0 bridgehead atoms. The molecular formula is C6H7ClN2O2S. The molecule has 0 amide bonds. The lowest BCUT2D eigenvalue weighted by Gasteiger charge is -2.00. The first-order valence-electron chi connectivity index (χ1n) is 3.02. The van der Waals surface area contributed by atoms with Crippen molar-refractivity contribution in [3.63, 3.8) is 0 Å². The third kappa shape index (κ3) is 1.86. The maximum atomic E-state index is 11.0. The van der Waals surface area contributed by atoms with Gasteiger partial charge in [0.2, 0.25) is 0 Å². The fourth-order valence-corrected chi connectivity index (χ4v) is 1.97. The van der Waals surface area contributed by atoms with Gasteiger partial charge in [0.1, 0.15) is 0 Å². The normalized spacial score (nSPS) is 11.5. The molecular weight excluding hydrogens is 200 g/mol. The van der Waals surface area contributed by atoms with Crippen LogP contribution in [0.2, 0.25) is 5.02 Å². The molecule has 0 saturated carbocycles. The van der Waals surface area contributed by atoms with Crippen molar-refractivity contribution in [2.45, 2.75) is 5.03 Å². The van der Waals surface area contributed by atoms with Gasteiger partial charge in [-0.05, 0) is 6.07 Å². The number of hydrogen-bond acceptors (Lipinski definition) is 4. The van der Waals surface area contributed by atoms with Crippen LogP contribution in [0.4, 0.5) is 5.69 Å². The van der Waals surface area contributed by atoms with Crippen molar-refractivity contribution < 1.29 is 8.42 Å². The largest absolute Gasteiger partial charge is 0.397 e. The third-order valence-electron chi connectivity index (χ3n) is 1.18. The van der Waals surface area contributed by atoms with Crippen molar-refractivity contribution in [2.75, 3.05) is 12.0 Å². The van der Waals surface area contributed by atoms with E-state index in [0.29, 0.717) is 5.69 Å². The molecule has 0 unspecified atom stereocenters. The highest BCUT2D eigenvalue weighted by atomic mass is 35.5. The van der Waals surface area contributed by atoms with E-state index < -0.39 is 9.84 Å². The topological polar surface area (TPSA) is 73.0 Å². The van der Waals surface area contributed by atoms with Gasteiger partial charge in [-0.25, -0.2) is 13.4 Å². The number of sulfone groups is 1. The Morgan fingerprint density at radius 3 is 2.58 bits per heavy atom. The molecule has 1 aromatic rings. The molecule has 66 valence electrons. The van der Waals surface area contributed by atoms with Gasteiger partial charge in [0.15, 0.2) is 14.9 Å². The fourth-order valence-electron chi connectivity index (χ4n) is 0.713. The van der Waals surface area contributed by atoms with Crippen molar-refractivity contribution in [2.24, 2.45) is 0 Å². The Labute approximate surface area is 75.3 Å². The number of pyridine rings is 1. The minimum atomic E-state index is -3.35. The number of rotatable bonds is 1. The van der Waals surface area contributed by atoms with E-state index in [2.05, 4.69) is 4.98 Å². The monoisotopic (exact) mass is 206 g/mol. The Bertz CT molecular complexity index is 402. The predicted molar refractivity (Wildman–Crippen MR) is 46.8 cm³/mol. The summed E-state index contributed by atoms with van der Waals surface area (Å²) in [4.78, 5) is 3.60. The Morgan fingerprint density at radius 1 is 1.58 bits per heavy atom. The van der Waals surface area contributed by atoms with Crippen molar-refractivity contribution in [3.8, 4) is 0 Å². The molecule has 0 spiro atoms. The van der Waals surface area contributed by atoms with Crippen LogP contribution in [0.15, 0.2) is 17.3 Å². The summed E-state index contributed by atoms with van der Waals surface area (Å²) in [5, 5.41) is -0.0872. The third-order valence-corrected chi connectivity index (χ3v) is 2.61. The number of anilines is 1. The standard InChI is InChI=1S/C6H7ClN2O2S/c1-12(10,11)6-5(7)2-4(8)3-9-6/h2-3H,8H2,1H3. The Kier molecular flexibility index (Phi) is 2.25. The number of hydrogen-bond donors (Lipinski definition) is 1. The van der Waals surface area contributed by atoms with E-state index in [1.807, 2.05) is 0 Å². The van der Waals surface area contributed by atoms with Gasteiger partial charge in [-0.1, -0.05) is 11.6 Å². The second kappa shape index (κ2) is 2.91. The van der Waals surface area contributed by atoms with Crippen LogP contribution < -0.4 is 5.73 Å². The van der Waals surface area contributed by atoms with Gasteiger partial charge in [0.25, 0.3) is 0 Å². The lowest BCUT2D eigenvalue weighted by Crippen LogP contribution is -2.02. The molecule has 0 fully saturated rings. The van der Waals surface area contributed by atoms with Gasteiger partial charge in [-0.3, -0.25) is 0 Å². The summed E-state index contributed by atoms with van der Waals surface area (Å²) >= 11 is 5.59. The Morgan fingerprint density at radius 2 is 2.17 bits per heavy atom. The van der Waals surface area contributed by atoms with Crippen molar-refractivity contribution >= 4 is 27.1 Å². The fraction of sp³-hybridized carbons (Fsp3) is 0.167. The smallest absolute Gasteiger partial charge is 0.194 e. The minimum Gasteiger partial charge on any atom is -0.397 e. The zero-order valence-electron chi connectivity index (χ0n) is 6.28. The first-order chi connectivity index (χ1) is 5.41. The molecule has 0 aliphatic carbocycles. The number of aromatic nitrogens is 1. The zero-order valence-corrected chi connectivity index (χ0v) is 7.85.